The minimum atomic E-state index is -3.58. The van der Waals surface area contributed by atoms with E-state index in [0.717, 1.165) is 11.3 Å². The Hall–Kier alpha value is -0.920. The highest BCUT2D eigenvalue weighted by molar-refractivity contribution is 7.91. The molecule has 2 N–H and O–H groups in total. The number of nitrogens with one attached hydrogen (secondary N) is 1. The summed E-state index contributed by atoms with van der Waals surface area (Å²) in [6.45, 7) is 1.43. The van der Waals surface area contributed by atoms with Gasteiger partial charge in [0, 0.05) is 11.6 Å². The lowest BCUT2D eigenvalue weighted by molar-refractivity contribution is 0.0628. The first kappa shape index (κ1) is 15.5. The van der Waals surface area contributed by atoms with E-state index in [1.54, 1.807) is 42.6 Å². The van der Waals surface area contributed by atoms with Gasteiger partial charge in [-0.25, -0.2) is 13.1 Å². The smallest absolute Gasteiger partial charge is 0.250 e. The lowest BCUT2D eigenvalue weighted by Gasteiger charge is -2.24. The highest BCUT2D eigenvalue weighted by atomic mass is 35.5. The Bertz CT molecular complexity index is 664. The monoisotopic (exact) mass is 331 g/mol. The number of thiophene rings is 1. The van der Waals surface area contributed by atoms with Crippen LogP contribution in [0.25, 0.3) is 0 Å². The van der Waals surface area contributed by atoms with Gasteiger partial charge in [-0.05, 0) is 36.1 Å². The zero-order valence-electron chi connectivity index (χ0n) is 10.7. The van der Waals surface area contributed by atoms with Crippen molar-refractivity contribution in [3.8, 4) is 0 Å². The minimum Gasteiger partial charge on any atom is -0.384 e. The molecule has 4 nitrogen and oxygen atoms in total. The van der Waals surface area contributed by atoms with Gasteiger partial charge >= 0.3 is 0 Å². The molecule has 0 aliphatic carbocycles. The topological polar surface area (TPSA) is 66.4 Å². The van der Waals surface area contributed by atoms with Crippen LogP contribution in [0.3, 0.4) is 0 Å². The van der Waals surface area contributed by atoms with Gasteiger partial charge in [-0.1, -0.05) is 29.8 Å². The molecule has 0 saturated carbocycles. The second-order valence-corrected chi connectivity index (χ2v) is 7.92. The van der Waals surface area contributed by atoms with E-state index >= 15 is 0 Å². The van der Waals surface area contributed by atoms with Crippen LogP contribution in [0.2, 0.25) is 5.02 Å². The Labute approximate surface area is 127 Å². The van der Waals surface area contributed by atoms with Gasteiger partial charge in [-0.3, -0.25) is 0 Å². The molecule has 20 heavy (non-hydrogen) atoms. The SMILES string of the molecule is CC(O)(CNS(=O)(=O)c1cccs1)c1ccc(Cl)cc1. The first-order valence-electron chi connectivity index (χ1n) is 5.83. The van der Waals surface area contributed by atoms with Crippen LogP contribution < -0.4 is 4.72 Å². The van der Waals surface area contributed by atoms with Crippen LogP contribution >= 0.6 is 22.9 Å². The summed E-state index contributed by atoms with van der Waals surface area (Å²) in [5.74, 6) is 0. The summed E-state index contributed by atoms with van der Waals surface area (Å²) in [4.78, 5) is 0. The van der Waals surface area contributed by atoms with Gasteiger partial charge in [0.05, 0.1) is 0 Å². The summed E-state index contributed by atoms with van der Waals surface area (Å²) in [6, 6.07) is 9.82. The Morgan fingerprint density at radius 1 is 1.30 bits per heavy atom. The third kappa shape index (κ3) is 3.59. The average molecular weight is 332 g/mol. The Morgan fingerprint density at radius 2 is 1.95 bits per heavy atom. The van der Waals surface area contributed by atoms with Crippen molar-refractivity contribution in [2.24, 2.45) is 0 Å². The van der Waals surface area contributed by atoms with Gasteiger partial charge < -0.3 is 5.11 Å². The summed E-state index contributed by atoms with van der Waals surface area (Å²) in [7, 11) is -3.58. The fraction of sp³-hybridized carbons (Fsp3) is 0.231. The maximum absolute atomic E-state index is 12.0. The van der Waals surface area contributed by atoms with E-state index in [1.807, 2.05) is 0 Å². The lowest BCUT2D eigenvalue weighted by Crippen LogP contribution is -2.38. The van der Waals surface area contributed by atoms with Crippen LogP contribution in [-0.4, -0.2) is 20.1 Å². The van der Waals surface area contributed by atoms with E-state index in [2.05, 4.69) is 4.72 Å². The van der Waals surface area contributed by atoms with E-state index < -0.39 is 15.6 Å². The minimum absolute atomic E-state index is 0.116. The molecular formula is C13H14ClNO3S2. The molecule has 2 rings (SSSR count). The molecule has 0 fully saturated rings. The van der Waals surface area contributed by atoms with E-state index in [1.165, 1.54) is 6.07 Å². The van der Waals surface area contributed by atoms with E-state index in [9.17, 15) is 13.5 Å². The molecule has 1 unspecified atom stereocenters. The zero-order valence-corrected chi connectivity index (χ0v) is 13.1. The van der Waals surface area contributed by atoms with Gasteiger partial charge in [0.2, 0.25) is 10.0 Å². The highest BCUT2D eigenvalue weighted by Crippen LogP contribution is 2.23. The van der Waals surface area contributed by atoms with Crippen LogP contribution in [0.15, 0.2) is 46.0 Å². The molecule has 2 aromatic rings. The maximum Gasteiger partial charge on any atom is 0.250 e. The van der Waals surface area contributed by atoms with Crippen molar-refractivity contribution in [3.63, 3.8) is 0 Å². The predicted molar refractivity (Wildman–Crippen MR) is 80.5 cm³/mol. The molecule has 0 bridgehead atoms. The van der Waals surface area contributed by atoms with Gasteiger partial charge in [-0.15, -0.1) is 11.3 Å². The zero-order chi connectivity index (χ0) is 14.8. The summed E-state index contributed by atoms with van der Waals surface area (Å²) < 4.78 is 26.6. The summed E-state index contributed by atoms with van der Waals surface area (Å²) in [5.41, 5.74) is -0.717. The third-order valence-electron chi connectivity index (χ3n) is 2.83. The molecule has 1 heterocycles. The fourth-order valence-electron chi connectivity index (χ4n) is 1.63. The number of sulfonamides is 1. The summed E-state index contributed by atoms with van der Waals surface area (Å²) in [5, 5.41) is 12.6. The van der Waals surface area contributed by atoms with E-state index in [-0.39, 0.29) is 10.8 Å². The van der Waals surface area contributed by atoms with Gasteiger partial charge in [-0.2, -0.15) is 0 Å². The van der Waals surface area contributed by atoms with Crippen molar-refractivity contribution in [1.29, 1.82) is 0 Å². The van der Waals surface area contributed by atoms with Crippen molar-refractivity contribution in [1.82, 2.24) is 4.72 Å². The summed E-state index contributed by atoms with van der Waals surface area (Å²) >= 11 is 6.92. The molecule has 0 saturated heterocycles. The van der Waals surface area contributed by atoms with Crippen molar-refractivity contribution < 1.29 is 13.5 Å². The van der Waals surface area contributed by atoms with Crippen LogP contribution in [0.5, 0.6) is 0 Å². The second kappa shape index (κ2) is 5.83. The van der Waals surface area contributed by atoms with Gasteiger partial charge in [0.15, 0.2) is 0 Å². The third-order valence-corrected chi connectivity index (χ3v) is 5.88. The molecule has 0 aliphatic rings. The molecule has 0 amide bonds. The van der Waals surface area contributed by atoms with Gasteiger partial charge in [0.1, 0.15) is 9.81 Å². The first-order valence-corrected chi connectivity index (χ1v) is 8.57. The molecule has 1 aromatic carbocycles. The van der Waals surface area contributed by atoms with Crippen molar-refractivity contribution in [3.05, 3.63) is 52.4 Å². The Morgan fingerprint density at radius 3 is 2.50 bits per heavy atom. The van der Waals surface area contributed by atoms with Crippen LogP contribution in [-0.2, 0) is 15.6 Å². The molecule has 1 atom stereocenters. The average Bonchev–Trinajstić information content (AvgIpc) is 2.92. The number of halogens is 1. The Kier molecular flexibility index (Phi) is 4.51. The van der Waals surface area contributed by atoms with E-state index in [0.29, 0.717) is 10.6 Å². The van der Waals surface area contributed by atoms with Crippen LogP contribution in [0.1, 0.15) is 12.5 Å². The van der Waals surface area contributed by atoms with Crippen molar-refractivity contribution >= 4 is 33.0 Å². The quantitative estimate of drug-likeness (QED) is 0.885. The summed E-state index contributed by atoms with van der Waals surface area (Å²) in [6.07, 6.45) is 0. The number of hydrogen-bond acceptors (Lipinski definition) is 4. The van der Waals surface area contributed by atoms with Crippen molar-refractivity contribution in [2.45, 2.75) is 16.7 Å². The lowest BCUT2D eigenvalue weighted by atomic mass is 9.97. The normalized spacial score (nSPS) is 14.9. The molecule has 108 valence electrons. The molecule has 0 spiro atoms. The number of benzene rings is 1. The molecule has 0 aliphatic heterocycles. The largest absolute Gasteiger partial charge is 0.384 e. The standard InChI is InChI=1S/C13H14ClNO3S2/c1-13(16,10-4-6-11(14)7-5-10)9-15-20(17,18)12-3-2-8-19-12/h2-8,15-16H,9H2,1H3. The first-order chi connectivity index (χ1) is 9.31. The fourth-order valence-corrected chi connectivity index (χ4v) is 3.93. The second-order valence-electron chi connectivity index (χ2n) is 4.54. The molecule has 7 heteroatoms. The number of aliphatic hydroxyl groups is 1. The molecule has 0 radical (unpaired) electrons. The number of hydrogen-bond donors (Lipinski definition) is 2. The molecular weight excluding hydrogens is 318 g/mol. The van der Waals surface area contributed by atoms with Crippen molar-refractivity contribution in [2.75, 3.05) is 6.54 Å². The van der Waals surface area contributed by atoms with Crippen LogP contribution in [0.4, 0.5) is 0 Å². The Balaban J connectivity index is 2.11. The van der Waals surface area contributed by atoms with Gasteiger partial charge in [0.25, 0.3) is 0 Å². The molecule has 1 aromatic heterocycles. The highest BCUT2D eigenvalue weighted by Gasteiger charge is 2.26. The maximum atomic E-state index is 12.0. The van der Waals surface area contributed by atoms with E-state index in [4.69, 9.17) is 11.6 Å². The number of rotatable bonds is 5. The predicted octanol–water partition coefficient (Wildman–Crippen LogP) is 2.59. The van der Waals surface area contributed by atoms with Crippen LogP contribution in [0, 0.1) is 0 Å².